The lowest BCUT2D eigenvalue weighted by molar-refractivity contribution is -0.0435. The first-order valence-corrected chi connectivity index (χ1v) is 6.55. The first kappa shape index (κ1) is 11.4. The number of rotatable bonds is 2. The molecular weight excluding hydrogens is 186 g/mol. The highest BCUT2D eigenvalue weighted by atomic mass is 16.5. The maximum atomic E-state index is 5.76. The average molecular weight is 211 g/mol. The summed E-state index contributed by atoms with van der Waals surface area (Å²) in [5.74, 6) is 0.928. The van der Waals surface area contributed by atoms with E-state index in [2.05, 4.69) is 26.1 Å². The van der Waals surface area contributed by atoms with Crippen molar-refractivity contribution in [2.24, 2.45) is 5.92 Å². The Bertz CT molecular complexity index is 197. The number of hydrogen-bond acceptors (Lipinski definition) is 2. The lowest BCUT2D eigenvalue weighted by Gasteiger charge is -2.34. The molecule has 88 valence electrons. The van der Waals surface area contributed by atoms with Crippen LogP contribution in [0.4, 0.5) is 0 Å². The van der Waals surface area contributed by atoms with Gasteiger partial charge in [0.2, 0.25) is 0 Å². The summed E-state index contributed by atoms with van der Waals surface area (Å²) in [5.41, 5.74) is 0. The summed E-state index contributed by atoms with van der Waals surface area (Å²) in [4.78, 5) is 0. The van der Waals surface area contributed by atoms with E-state index in [4.69, 9.17) is 4.74 Å². The molecule has 0 bridgehead atoms. The quantitative estimate of drug-likeness (QED) is 0.758. The van der Waals surface area contributed by atoms with Crippen LogP contribution in [0.1, 0.15) is 52.9 Å². The largest absolute Gasteiger partial charge is 0.375 e. The number of nitrogens with one attached hydrogen (secondary N) is 1. The van der Waals surface area contributed by atoms with Gasteiger partial charge in [-0.15, -0.1) is 0 Å². The van der Waals surface area contributed by atoms with E-state index < -0.39 is 0 Å². The predicted molar refractivity (Wildman–Crippen MR) is 63.0 cm³/mol. The van der Waals surface area contributed by atoms with Gasteiger partial charge in [0.25, 0.3) is 0 Å². The Balaban J connectivity index is 1.78. The lowest BCUT2D eigenvalue weighted by Crippen LogP contribution is -2.45. The second kappa shape index (κ2) is 4.84. The van der Waals surface area contributed by atoms with E-state index in [1.54, 1.807) is 0 Å². The molecule has 0 spiro atoms. The Hall–Kier alpha value is -0.0800. The molecular formula is C13H25NO. The molecule has 1 N–H and O–H groups in total. The molecule has 2 rings (SSSR count). The van der Waals surface area contributed by atoms with E-state index in [1.807, 2.05) is 0 Å². The lowest BCUT2D eigenvalue weighted by atomic mass is 9.98. The SMILES string of the molecule is CC1CCC(NC2CC(C)OC(C)C2)C1. The minimum absolute atomic E-state index is 0.435. The van der Waals surface area contributed by atoms with Crippen LogP contribution in [0.25, 0.3) is 0 Å². The molecule has 1 saturated carbocycles. The number of ether oxygens (including phenoxy) is 1. The van der Waals surface area contributed by atoms with Gasteiger partial charge in [-0.05, 0) is 51.9 Å². The first-order valence-electron chi connectivity index (χ1n) is 6.55. The van der Waals surface area contributed by atoms with E-state index in [9.17, 15) is 0 Å². The van der Waals surface area contributed by atoms with Crippen LogP contribution >= 0.6 is 0 Å². The average Bonchev–Trinajstić information content (AvgIpc) is 2.49. The molecule has 0 aromatic rings. The van der Waals surface area contributed by atoms with Crippen molar-refractivity contribution < 1.29 is 4.74 Å². The second-order valence-corrected chi connectivity index (χ2v) is 5.71. The minimum atomic E-state index is 0.435. The normalized spacial score (nSPS) is 47.0. The van der Waals surface area contributed by atoms with E-state index in [1.165, 1.54) is 32.1 Å². The van der Waals surface area contributed by atoms with Crippen LogP contribution in [0.3, 0.4) is 0 Å². The highest BCUT2D eigenvalue weighted by molar-refractivity contribution is 4.85. The van der Waals surface area contributed by atoms with Crippen molar-refractivity contribution in [1.29, 1.82) is 0 Å². The molecule has 1 heterocycles. The van der Waals surface area contributed by atoms with Crippen LogP contribution in [0.2, 0.25) is 0 Å². The van der Waals surface area contributed by atoms with Crippen LogP contribution in [-0.2, 0) is 4.74 Å². The van der Waals surface area contributed by atoms with Gasteiger partial charge < -0.3 is 10.1 Å². The van der Waals surface area contributed by atoms with Gasteiger partial charge in [-0.2, -0.15) is 0 Å². The van der Waals surface area contributed by atoms with Gasteiger partial charge in [-0.3, -0.25) is 0 Å². The third-order valence-electron chi connectivity index (χ3n) is 3.86. The van der Waals surface area contributed by atoms with Crippen molar-refractivity contribution >= 4 is 0 Å². The summed E-state index contributed by atoms with van der Waals surface area (Å²) in [5, 5.41) is 3.83. The third-order valence-corrected chi connectivity index (χ3v) is 3.86. The van der Waals surface area contributed by atoms with Gasteiger partial charge in [-0.25, -0.2) is 0 Å². The smallest absolute Gasteiger partial charge is 0.0565 e. The standard InChI is InChI=1S/C13H25NO/c1-9-4-5-12(6-9)14-13-7-10(2)15-11(3)8-13/h9-14H,4-8H2,1-3H3. The third kappa shape index (κ3) is 3.18. The van der Waals surface area contributed by atoms with Crippen LogP contribution < -0.4 is 5.32 Å². The summed E-state index contributed by atoms with van der Waals surface area (Å²) < 4.78 is 5.76. The van der Waals surface area contributed by atoms with E-state index in [0.29, 0.717) is 18.2 Å². The monoisotopic (exact) mass is 211 g/mol. The highest BCUT2D eigenvalue weighted by Gasteiger charge is 2.28. The van der Waals surface area contributed by atoms with Crippen LogP contribution in [0, 0.1) is 5.92 Å². The summed E-state index contributed by atoms with van der Waals surface area (Å²) in [6, 6.07) is 1.47. The molecule has 1 aliphatic heterocycles. The Morgan fingerprint density at radius 2 is 1.53 bits per heavy atom. The fourth-order valence-electron chi connectivity index (χ4n) is 3.23. The fraction of sp³-hybridized carbons (Fsp3) is 1.00. The van der Waals surface area contributed by atoms with Crippen molar-refractivity contribution in [3.8, 4) is 0 Å². The fourth-order valence-corrected chi connectivity index (χ4v) is 3.23. The van der Waals surface area contributed by atoms with Crippen molar-refractivity contribution in [2.45, 2.75) is 77.2 Å². The zero-order chi connectivity index (χ0) is 10.8. The molecule has 0 amide bonds. The molecule has 0 aromatic heterocycles. The van der Waals surface area contributed by atoms with Crippen LogP contribution in [0.5, 0.6) is 0 Å². The molecule has 1 saturated heterocycles. The van der Waals surface area contributed by atoms with E-state index in [-0.39, 0.29) is 0 Å². The zero-order valence-electron chi connectivity index (χ0n) is 10.3. The minimum Gasteiger partial charge on any atom is -0.375 e. The Morgan fingerprint density at radius 3 is 2.07 bits per heavy atom. The highest BCUT2D eigenvalue weighted by Crippen LogP contribution is 2.27. The van der Waals surface area contributed by atoms with Crippen molar-refractivity contribution in [2.75, 3.05) is 0 Å². The number of hydrogen-bond donors (Lipinski definition) is 1. The van der Waals surface area contributed by atoms with Crippen molar-refractivity contribution in [1.82, 2.24) is 5.32 Å². The van der Waals surface area contributed by atoms with Crippen LogP contribution in [0.15, 0.2) is 0 Å². The Labute approximate surface area is 93.8 Å². The van der Waals surface area contributed by atoms with Gasteiger partial charge in [0.15, 0.2) is 0 Å². The first-order chi connectivity index (χ1) is 7.13. The zero-order valence-corrected chi connectivity index (χ0v) is 10.3. The van der Waals surface area contributed by atoms with Crippen molar-refractivity contribution in [3.63, 3.8) is 0 Å². The summed E-state index contributed by atoms with van der Waals surface area (Å²) in [6.45, 7) is 6.76. The van der Waals surface area contributed by atoms with Gasteiger partial charge >= 0.3 is 0 Å². The topological polar surface area (TPSA) is 21.3 Å². The molecule has 0 radical (unpaired) electrons. The Morgan fingerprint density at radius 1 is 0.867 bits per heavy atom. The maximum absolute atomic E-state index is 5.76. The summed E-state index contributed by atoms with van der Waals surface area (Å²) in [6.07, 6.45) is 7.41. The van der Waals surface area contributed by atoms with Crippen LogP contribution in [-0.4, -0.2) is 24.3 Å². The van der Waals surface area contributed by atoms with Gasteiger partial charge in [-0.1, -0.05) is 6.92 Å². The summed E-state index contributed by atoms with van der Waals surface area (Å²) in [7, 11) is 0. The molecule has 0 aromatic carbocycles. The van der Waals surface area contributed by atoms with Gasteiger partial charge in [0, 0.05) is 12.1 Å². The van der Waals surface area contributed by atoms with Gasteiger partial charge in [0.1, 0.15) is 0 Å². The molecule has 2 aliphatic rings. The molecule has 4 atom stereocenters. The predicted octanol–water partition coefficient (Wildman–Crippen LogP) is 2.72. The van der Waals surface area contributed by atoms with Gasteiger partial charge in [0.05, 0.1) is 12.2 Å². The molecule has 15 heavy (non-hydrogen) atoms. The molecule has 2 fully saturated rings. The second-order valence-electron chi connectivity index (χ2n) is 5.71. The summed E-state index contributed by atoms with van der Waals surface area (Å²) >= 11 is 0. The van der Waals surface area contributed by atoms with E-state index >= 15 is 0 Å². The molecule has 1 aliphatic carbocycles. The maximum Gasteiger partial charge on any atom is 0.0565 e. The van der Waals surface area contributed by atoms with E-state index in [0.717, 1.165) is 12.0 Å². The Kier molecular flexibility index (Phi) is 3.68. The molecule has 2 nitrogen and oxygen atoms in total. The molecule has 4 unspecified atom stereocenters. The van der Waals surface area contributed by atoms with Crippen molar-refractivity contribution in [3.05, 3.63) is 0 Å². The molecule has 2 heteroatoms.